The van der Waals surface area contributed by atoms with Gasteiger partial charge in [-0.1, -0.05) is 6.07 Å². The zero-order valence-electron chi connectivity index (χ0n) is 9.76. The number of halogens is 1. The van der Waals surface area contributed by atoms with Crippen molar-refractivity contribution in [1.82, 2.24) is 9.88 Å². The highest BCUT2D eigenvalue weighted by molar-refractivity contribution is 6.27. The molecule has 0 saturated carbocycles. The van der Waals surface area contributed by atoms with Gasteiger partial charge in [-0.05, 0) is 12.1 Å². The molecule has 6 heteroatoms. The second-order valence-electron chi connectivity index (χ2n) is 3.52. The summed E-state index contributed by atoms with van der Waals surface area (Å²) in [5.41, 5.74) is 0. The van der Waals surface area contributed by atoms with Crippen molar-refractivity contribution < 1.29 is 9.59 Å². The number of alkyl halides is 1. The fourth-order valence-electron chi connectivity index (χ4n) is 1.18. The molecule has 0 aliphatic carbocycles. The quantitative estimate of drug-likeness (QED) is 0.746. The zero-order chi connectivity index (χ0) is 12.8. The predicted octanol–water partition coefficient (Wildman–Crippen LogP) is 0.742. The van der Waals surface area contributed by atoms with E-state index < -0.39 is 0 Å². The minimum Gasteiger partial charge on any atom is -0.335 e. The molecule has 5 nitrogen and oxygen atoms in total. The third kappa shape index (κ3) is 3.71. The van der Waals surface area contributed by atoms with Crippen LogP contribution in [-0.2, 0) is 9.59 Å². The van der Waals surface area contributed by atoms with Crippen LogP contribution in [0.4, 0.5) is 5.82 Å². The summed E-state index contributed by atoms with van der Waals surface area (Å²) in [6.45, 7) is -0.0153. The van der Waals surface area contributed by atoms with Gasteiger partial charge in [-0.2, -0.15) is 0 Å². The van der Waals surface area contributed by atoms with Crippen LogP contribution >= 0.6 is 11.6 Å². The molecule has 0 radical (unpaired) electrons. The van der Waals surface area contributed by atoms with Crippen LogP contribution in [0.1, 0.15) is 0 Å². The smallest absolute Gasteiger partial charge is 0.247 e. The van der Waals surface area contributed by atoms with Crippen molar-refractivity contribution in [2.45, 2.75) is 0 Å². The van der Waals surface area contributed by atoms with E-state index in [4.69, 9.17) is 11.6 Å². The van der Waals surface area contributed by atoms with Crippen LogP contribution in [0.25, 0.3) is 0 Å². The number of rotatable bonds is 4. The molecule has 92 valence electrons. The lowest BCUT2D eigenvalue weighted by Crippen LogP contribution is -2.40. The van der Waals surface area contributed by atoms with Crippen molar-refractivity contribution in [2.24, 2.45) is 0 Å². The van der Waals surface area contributed by atoms with E-state index >= 15 is 0 Å². The number of hydrogen-bond donors (Lipinski definition) is 0. The fraction of sp³-hybridized carbons (Fsp3) is 0.364. The van der Waals surface area contributed by atoms with Gasteiger partial charge in [0.2, 0.25) is 11.8 Å². The van der Waals surface area contributed by atoms with Gasteiger partial charge in [-0.15, -0.1) is 11.6 Å². The Morgan fingerprint density at radius 3 is 2.53 bits per heavy atom. The maximum atomic E-state index is 11.8. The normalized spacial score (nSPS) is 9.82. The first-order valence-electron chi connectivity index (χ1n) is 5.03. The lowest BCUT2D eigenvalue weighted by molar-refractivity contribution is -0.131. The first kappa shape index (κ1) is 13.4. The first-order valence-corrected chi connectivity index (χ1v) is 5.57. The van der Waals surface area contributed by atoms with Crippen LogP contribution in [0.2, 0.25) is 0 Å². The molecule has 1 aromatic heterocycles. The molecule has 17 heavy (non-hydrogen) atoms. The fourth-order valence-corrected chi connectivity index (χ4v) is 1.38. The van der Waals surface area contributed by atoms with Gasteiger partial charge in [0.05, 0.1) is 6.54 Å². The molecule has 0 spiro atoms. The average molecular weight is 256 g/mol. The van der Waals surface area contributed by atoms with Crippen molar-refractivity contribution >= 4 is 29.2 Å². The van der Waals surface area contributed by atoms with Crippen molar-refractivity contribution in [1.29, 1.82) is 0 Å². The lowest BCUT2D eigenvalue weighted by atomic mass is 10.4. The summed E-state index contributed by atoms with van der Waals surface area (Å²) in [5, 5.41) is 0. The largest absolute Gasteiger partial charge is 0.335 e. The van der Waals surface area contributed by atoms with Crippen LogP contribution in [0.5, 0.6) is 0 Å². The predicted molar refractivity (Wildman–Crippen MR) is 66.0 cm³/mol. The van der Waals surface area contributed by atoms with E-state index in [9.17, 15) is 9.59 Å². The molecular weight excluding hydrogens is 242 g/mol. The number of nitrogens with zero attached hydrogens (tertiary/aromatic N) is 3. The summed E-state index contributed by atoms with van der Waals surface area (Å²) in [5.74, 6) is -0.0831. The van der Waals surface area contributed by atoms with Gasteiger partial charge in [0.25, 0.3) is 0 Å². The highest BCUT2D eigenvalue weighted by Gasteiger charge is 2.16. The lowest BCUT2D eigenvalue weighted by Gasteiger charge is -2.20. The topological polar surface area (TPSA) is 53.5 Å². The van der Waals surface area contributed by atoms with Crippen molar-refractivity contribution in [3.05, 3.63) is 24.4 Å². The van der Waals surface area contributed by atoms with Crippen LogP contribution in [0.15, 0.2) is 24.4 Å². The first-order chi connectivity index (χ1) is 8.06. The van der Waals surface area contributed by atoms with E-state index in [-0.39, 0.29) is 24.2 Å². The maximum Gasteiger partial charge on any atom is 0.247 e. The molecule has 0 aromatic carbocycles. The minimum atomic E-state index is -0.283. The number of likely N-dealkylation sites (N-methyl/N-ethyl adjacent to an activating group) is 2. The highest BCUT2D eigenvalue weighted by Crippen LogP contribution is 2.07. The molecule has 1 rings (SSSR count). The number of carbonyl (C=O) groups is 2. The number of amides is 2. The van der Waals surface area contributed by atoms with Crippen LogP contribution in [0, 0.1) is 0 Å². The number of hydrogen-bond acceptors (Lipinski definition) is 3. The maximum absolute atomic E-state index is 11.8. The van der Waals surface area contributed by atoms with Gasteiger partial charge in [0.1, 0.15) is 11.7 Å². The summed E-state index contributed by atoms with van der Waals surface area (Å²) in [7, 11) is 3.15. The van der Waals surface area contributed by atoms with Gasteiger partial charge in [-0.25, -0.2) is 4.98 Å². The van der Waals surface area contributed by atoms with Gasteiger partial charge in [0, 0.05) is 20.3 Å². The Bertz CT molecular complexity index is 397. The third-order valence-electron chi connectivity index (χ3n) is 2.28. The monoisotopic (exact) mass is 255 g/mol. The number of aromatic nitrogens is 1. The van der Waals surface area contributed by atoms with E-state index in [0.29, 0.717) is 5.82 Å². The highest BCUT2D eigenvalue weighted by atomic mass is 35.5. The Kier molecular flexibility index (Phi) is 4.90. The van der Waals surface area contributed by atoms with E-state index in [1.165, 1.54) is 16.8 Å². The van der Waals surface area contributed by atoms with Gasteiger partial charge in [0.15, 0.2) is 0 Å². The van der Waals surface area contributed by atoms with Crippen LogP contribution < -0.4 is 4.90 Å². The van der Waals surface area contributed by atoms with Crippen molar-refractivity contribution in [3.8, 4) is 0 Å². The van der Waals surface area contributed by atoms with Crippen molar-refractivity contribution in [2.75, 3.05) is 31.4 Å². The Balaban J connectivity index is 2.62. The molecule has 0 fully saturated rings. The molecule has 0 N–H and O–H groups in total. The Hall–Kier alpha value is -1.62. The van der Waals surface area contributed by atoms with Gasteiger partial charge in [-0.3, -0.25) is 14.5 Å². The SMILES string of the molecule is CN(CC(=O)N(C)c1ccccn1)C(=O)CCl. The summed E-state index contributed by atoms with van der Waals surface area (Å²) >= 11 is 5.40. The molecule has 0 aliphatic rings. The van der Waals surface area contributed by atoms with Gasteiger partial charge >= 0.3 is 0 Å². The molecule has 2 amide bonds. The third-order valence-corrected chi connectivity index (χ3v) is 2.51. The molecule has 0 unspecified atom stereocenters. The molecular formula is C11H14ClN3O2. The van der Waals surface area contributed by atoms with E-state index in [0.717, 1.165) is 0 Å². The van der Waals surface area contributed by atoms with E-state index in [2.05, 4.69) is 4.98 Å². The van der Waals surface area contributed by atoms with E-state index in [1.54, 1.807) is 31.4 Å². The zero-order valence-corrected chi connectivity index (χ0v) is 10.5. The summed E-state index contributed by atoms with van der Waals surface area (Å²) in [6.07, 6.45) is 1.60. The Morgan fingerprint density at radius 1 is 1.29 bits per heavy atom. The number of pyridine rings is 1. The molecule has 0 aliphatic heterocycles. The minimum absolute atomic E-state index is 0.0153. The molecule has 1 heterocycles. The number of carbonyl (C=O) groups excluding carboxylic acids is 2. The van der Waals surface area contributed by atoms with Crippen LogP contribution in [-0.4, -0.2) is 48.2 Å². The summed E-state index contributed by atoms with van der Waals surface area (Å²) in [6, 6.07) is 5.28. The molecule has 0 saturated heterocycles. The molecule has 1 aromatic rings. The second kappa shape index (κ2) is 6.20. The van der Waals surface area contributed by atoms with Gasteiger partial charge < -0.3 is 4.90 Å². The number of anilines is 1. The standard InChI is InChI=1S/C11H14ClN3O2/c1-14(10(16)7-12)8-11(17)15(2)9-5-3-4-6-13-9/h3-6H,7-8H2,1-2H3. The molecule has 0 bridgehead atoms. The Labute approximate surface area is 105 Å². The summed E-state index contributed by atoms with van der Waals surface area (Å²) in [4.78, 5) is 29.8. The molecule has 0 atom stereocenters. The Morgan fingerprint density at radius 2 is 2.00 bits per heavy atom. The second-order valence-corrected chi connectivity index (χ2v) is 3.79. The average Bonchev–Trinajstić information content (AvgIpc) is 2.37. The van der Waals surface area contributed by atoms with E-state index in [1.807, 2.05) is 0 Å². The summed E-state index contributed by atoms with van der Waals surface area (Å²) < 4.78 is 0. The van der Waals surface area contributed by atoms with Crippen LogP contribution in [0.3, 0.4) is 0 Å². The van der Waals surface area contributed by atoms with Crippen molar-refractivity contribution in [3.63, 3.8) is 0 Å².